The van der Waals surface area contributed by atoms with Crippen molar-refractivity contribution in [2.45, 2.75) is 13.3 Å². The number of hydrogen-bond donors (Lipinski definition) is 1. The van der Waals surface area contributed by atoms with Crippen LogP contribution in [0.2, 0.25) is 0 Å². The Morgan fingerprint density at radius 1 is 1.10 bits per heavy atom. The summed E-state index contributed by atoms with van der Waals surface area (Å²) in [5, 5.41) is 13.7. The Hall–Kier alpha value is -2.76. The number of aryl methyl sites for hydroxylation is 1. The molecule has 0 aliphatic carbocycles. The van der Waals surface area contributed by atoms with E-state index < -0.39 is 0 Å². The second-order valence-electron chi connectivity index (χ2n) is 4.20. The Labute approximate surface area is 115 Å². The number of aromatic nitrogens is 4. The molecule has 0 radical (unpaired) electrons. The average Bonchev–Trinajstić information content (AvgIpc) is 2.97. The molecule has 0 fully saturated rings. The first kappa shape index (κ1) is 12.3. The van der Waals surface area contributed by atoms with Gasteiger partial charge in [-0.3, -0.25) is 9.97 Å². The molecule has 3 heterocycles. The highest BCUT2D eigenvalue weighted by atomic mass is 16.5. The van der Waals surface area contributed by atoms with E-state index in [-0.39, 0.29) is 11.6 Å². The Morgan fingerprint density at radius 3 is 2.60 bits per heavy atom. The van der Waals surface area contributed by atoms with Gasteiger partial charge in [-0.25, -0.2) is 0 Å². The molecule has 0 aromatic carbocycles. The molecule has 3 rings (SSSR count). The van der Waals surface area contributed by atoms with Crippen molar-refractivity contribution in [2.75, 3.05) is 0 Å². The lowest BCUT2D eigenvalue weighted by Gasteiger charge is -2.01. The van der Waals surface area contributed by atoms with Crippen LogP contribution >= 0.6 is 0 Å². The minimum absolute atomic E-state index is 0.00754. The topological polar surface area (TPSA) is 84.9 Å². The van der Waals surface area contributed by atoms with Crippen LogP contribution < -0.4 is 0 Å². The summed E-state index contributed by atoms with van der Waals surface area (Å²) in [5.41, 5.74) is 2.38. The first-order valence-corrected chi connectivity index (χ1v) is 6.20. The summed E-state index contributed by atoms with van der Waals surface area (Å²) >= 11 is 0. The summed E-state index contributed by atoms with van der Waals surface area (Å²) in [7, 11) is 0. The van der Waals surface area contributed by atoms with E-state index >= 15 is 0 Å². The molecular formula is C14H12N4O2. The molecule has 0 aliphatic rings. The third-order valence-corrected chi connectivity index (χ3v) is 2.98. The molecule has 0 atom stereocenters. The van der Waals surface area contributed by atoms with Gasteiger partial charge in [0.2, 0.25) is 5.82 Å². The molecule has 0 saturated heterocycles. The molecule has 0 spiro atoms. The normalized spacial score (nSPS) is 10.7. The van der Waals surface area contributed by atoms with Crippen molar-refractivity contribution in [1.82, 2.24) is 20.1 Å². The summed E-state index contributed by atoms with van der Waals surface area (Å²) in [6.45, 7) is 2.04. The first-order valence-electron chi connectivity index (χ1n) is 6.20. The van der Waals surface area contributed by atoms with Gasteiger partial charge in [-0.15, -0.1) is 0 Å². The summed E-state index contributed by atoms with van der Waals surface area (Å²) < 4.78 is 5.22. The first-order chi connectivity index (χ1) is 9.79. The Kier molecular flexibility index (Phi) is 3.12. The van der Waals surface area contributed by atoms with E-state index in [1.165, 1.54) is 6.20 Å². The number of pyridine rings is 2. The minimum Gasteiger partial charge on any atom is -0.505 e. The van der Waals surface area contributed by atoms with Crippen LogP contribution in [0.3, 0.4) is 0 Å². The third kappa shape index (κ3) is 2.11. The lowest BCUT2D eigenvalue weighted by Crippen LogP contribution is -1.90. The quantitative estimate of drug-likeness (QED) is 0.785. The maximum atomic E-state index is 9.74. The molecule has 3 aromatic rings. The van der Waals surface area contributed by atoms with Crippen LogP contribution in [0.5, 0.6) is 5.75 Å². The Morgan fingerprint density at radius 2 is 1.85 bits per heavy atom. The summed E-state index contributed by atoms with van der Waals surface area (Å²) in [5.74, 6) is 0.752. The van der Waals surface area contributed by atoms with Crippen molar-refractivity contribution < 1.29 is 9.63 Å². The average molecular weight is 268 g/mol. The molecule has 0 aliphatic heterocycles. The summed E-state index contributed by atoms with van der Waals surface area (Å²) in [6.07, 6.45) is 7.20. The zero-order valence-corrected chi connectivity index (χ0v) is 10.8. The van der Waals surface area contributed by atoms with Crippen LogP contribution in [0.1, 0.15) is 12.5 Å². The van der Waals surface area contributed by atoms with Crippen LogP contribution in [0.4, 0.5) is 0 Å². The van der Waals surface area contributed by atoms with Gasteiger partial charge in [-0.05, 0) is 24.1 Å². The van der Waals surface area contributed by atoms with Gasteiger partial charge in [0.05, 0.1) is 11.8 Å². The van der Waals surface area contributed by atoms with E-state index in [0.717, 1.165) is 17.5 Å². The highest BCUT2D eigenvalue weighted by Gasteiger charge is 2.15. The zero-order valence-electron chi connectivity index (χ0n) is 10.8. The molecule has 20 heavy (non-hydrogen) atoms. The van der Waals surface area contributed by atoms with Crippen molar-refractivity contribution in [3.8, 4) is 28.6 Å². The fraction of sp³-hybridized carbons (Fsp3) is 0.143. The molecule has 1 N–H and O–H groups in total. The number of hydrogen-bond acceptors (Lipinski definition) is 6. The van der Waals surface area contributed by atoms with Gasteiger partial charge < -0.3 is 9.63 Å². The highest BCUT2D eigenvalue weighted by Crippen LogP contribution is 2.29. The molecule has 0 saturated carbocycles. The largest absolute Gasteiger partial charge is 0.505 e. The summed E-state index contributed by atoms with van der Waals surface area (Å²) in [4.78, 5) is 12.2. The number of rotatable bonds is 3. The van der Waals surface area contributed by atoms with Gasteiger partial charge in [-0.1, -0.05) is 12.1 Å². The van der Waals surface area contributed by atoms with E-state index in [0.29, 0.717) is 11.4 Å². The molecular weight excluding hydrogens is 256 g/mol. The van der Waals surface area contributed by atoms with E-state index in [2.05, 4.69) is 20.1 Å². The van der Waals surface area contributed by atoms with Crippen molar-refractivity contribution in [2.24, 2.45) is 0 Å². The molecule has 0 amide bonds. The lowest BCUT2D eigenvalue weighted by atomic mass is 10.1. The third-order valence-electron chi connectivity index (χ3n) is 2.98. The van der Waals surface area contributed by atoms with Crippen molar-refractivity contribution in [3.05, 3.63) is 42.5 Å². The Balaban J connectivity index is 2.05. The standard InChI is InChI=1S/C14H12N4O2/c1-2-9-7-15-5-3-10(9)13-17-14(20-18-13)11-4-6-16-8-12(11)19/h3-8,19H,2H2,1H3. The Bertz CT molecular complexity index is 739. The van der Waals surface area contributed by atoms with Gasteiger partial charge in [0.1, 0.15) is 5.75 Å². The van der Waals surface area contributed by atoms with E-state index in [4.69, 9.17) is 4.52 Å². The molecule has 3 aromatic heterocycles. The maximum absolute atomic E-state index is 9.74. The van der Waals surface area contributed by atoms with Crippen LogP contribution in [-0.4, -0.2) is 25.2 Å². The second-order valence-corrected chi connectivity index (χ2v) is 4.20. The fourth-order valence-corrected chi connectivity index (χ4v) is 1.94. The zero-order chi connectivity index (χ0) is 13.9. The van der Waals surface area contributed by atoms with Crippen molar-refractivity contribution in [3.63, 3.8) is 0 Å². The molecule has 0 bridgehead atoms. The lowest BCUT2D eigenvalue weighted by molar-refractivity contribution is 0.425. The predicted octanol–water partition coefficient (Wildman–Crippen LogP) is 2.46. The smallest absolute Gasteiger partial charge is 0.262 e. The molecule has 100 valence electrons. The van der Waals surface area contributed by atoms with Crippen LogP contribution in [0.15, 0.2) is 41.4 Å². The SMILES string of the molecule is CCc1cnccc1-c1noc(-c2ccncc2O)n1. The van der Waals surface area contributed by atoms with Crippen LogP contribution in [-0.2, 0) is 6.42 Å². The second kappa shape index (κ2) is 5.08. The van der Waals surface area contributed by atoms with Crippen LogP contribution in [0, 0.1) is 0 Å². The van der Waals surface area contributed by atoms with Crippen LogP contribution in [0.25, 0.3) is 22.8 Å². The van der Waals surface area contributed by atoms with Crippen molar-refractivity contribution >= 4 is 0 Å². The van der Waals surface area contributed by atoms with Gasteiger partial charge in [0.25, 0.3) is 5.89 Å². The molecule has 6 nitrogen and oxygen atoms in total. The van der Waals surface area contributed by atoms with Crippen molar-refractivity contribution in [1.29, 1.82) is 0 Å². The molecule has 0 unspecified atom stereocenters. The summed E-state index contributed by atoms with van der Waals surface area (Å²) in [6, 6.07) is 3.47. The number of nitrogens with zero attached hydrogens (tertiary/aromatic N) is 4. The number of aromatic hydroxyl groups is 1. The highest BCUT2D eigenvalue weighted by molar-refractivity contribution is 5.65. The van der Waals surface area contributed by atoms with Gasteiger partial charge in [0, 0.05) is 24.2 Å². The molecule has 6 heteroatoms. The van der Waals surface area contributed by atoms with Gasteiger partial charge >= 0.3 is 0 Å². The van der Waals surface area contributed by atoms with Gasteiger partial charge in [-0.2, -0.15) is 4.98 Å². The minimum atomic E-state index is 0.00754. The fourth-order valence-electron chi connectivity index (χ4n) is 1.94. The predicted molar refractivity (Wildman–Crippen MR) is 71.8 cm³/mol. The van der Waals surface area contributed by atoms with Gasteiger partial charge in [0.15, 0.2) is 0 Å². The monoisotopic (exact) mass is 268 g/mol. The maximum Gasteiger partial charge on any atom is 0.262 e. The van der Waals surface area contributed by atoms with E-state index in [1.54, 1.807) is 24.7 Å². The van der Waals surface area contributed by atoms with E-state index in [9.17, 15) is 5.11 Å². The van der Waals surface area contributed by atoms with E-state index in [1.807, 2.05) is 13.0 Å².